The molecule has 182 valence electrons. The molecule has 2 amide bonds. The van der Waals surface area contributed by atoms with E-state index in [1.807, 2.05) is 0 Å². The first-order chi connectivity index (χ1) is 15.6. The molecule has 0 saturated heterocycles. The highest BCUT2D eigenvalue weighted by atomic mass is 16.4. The lowest BCUT2D eigenvalue weighted by molar-refractivity contribution is 0.193. The van der Waals surface area contributed by atoms with Gasteiger partial charge in [-0.05, 0) is 76.1 Å². The Kier molecular flexibility index (Phi) is 16.7. The SMILES string of the molecule is O=C(O)NCCCNCCCNCc1cccc(CNCCCNCCCNC(=O)O)c1. The summed E-state index contributed by atoms with van der Waals surface area (Å²) >= 11 is 0. The van der Waals surface area contributed by atoms with Crippen LogP contribution in [0.15, 0.2) is 24.3 Å². The van der Waals surface area contributed by atoms with Crippen molar-refractivity contribution in [3.8, 4) is 0 Å². The minimum absolute atomic E-state index is 0.483. The van der Waals surface area contributed by atoms with Gasteiger partial charge in [0.05, 0.1) is 0 Å². The number of rotatable bonds is 20. The van der Waals surface area contributed by atoms with Gasteiger partial charge in [0.15, 0.2) is 0 Å². The van der Waals surface area contributed by atoms with Gasteiger partial charge in [0.2, 0.25) is 0 Å². The number of hydrogen-bond donors (Lipinski definition) is 8. The van der Waals surface area contributed by atoms with Gasteiger partial charge in [-0.25, -0.2) is 9.59 Å². The van der Waals surface area contributed by atoms with Crippen LogP contribution in [0.1, 0.15) is 36.8 Å². The average Bonchev–Trinajstić information content (AvgIpc) is 2.76. The first-order valence-electron chi connectivity index (χ1n) is 11.4. The summed E-state index contributed by atoms with van der Waals surface area (Å²) in [6.45, 7) is 7.98. The van der Waals surface area contributed by atoms with E-state index in [0.717, 1.165) is 78.0 Å². The Labute approximate surface area is 190 Å². The average molecular weight is 453 g/mol. The second-order valence-corrected chi connectivity index (χ2v) is 7.55. The Bertz CT molecular complexity index is 583. The number of hydrogen-bond acceptors (Lipinski definition) is 6. The molecule has 0 unspecified atom stereocenters. The zero-order valence-electron chi connectivity index (χ0n) is 18.9. The van der Waals surface area contributed by atoms with Crippen LogP contribution in [0, 0.1) is 0 Å². The second kappa shape index (κ2) is 19.3. The van der Waals surface area contributed by atoms with Crippen LogP contribution in [-0.4, -0.2) is 74.8 Å². The molecule has 0 aromatic heterocycles. The molecule has 10 heteroatoms. The van der Waals surface area contributed by atoms with Crippen LogP contribution in [0.25, 0.3) is 0 Å². The predicted molar refractivity (Wildman–Crippen MR) is 126 cm³/mol. The quantitative estimate of drug-likeness (QED) is 0.137. The van der Waals surface area contributed by atoms with Crippen LogP contribution in [0.3, 0.4) is 0 Å². The van der Waals surface area contributed by atoms with Crippen LogP contribution >= 0.6 is 0 Å². The van der Waals surface area contributed by atoms with Gasteiger partial charge in [-0.1, -0.05) is 24.3 Å². The van der Waals surface area contributed by atoms with Crippen molar-refractivity contribution in [2.24, 2.45) is 0 Å². The zero-order chi connectivity index (χ0) is 23.3. The minimum atomic E-state index is -0.970. The monoisotopic (exact) mass is 452 g/mol. The summed E-state index contributed by atoms with van der Waals surface area (Å²) in [7, 11) is 0. The van der Waals surface area contributed by atoms with Gasteiger partial charge in [-0.2, -0.15) is 0 Å². The Morgan fingerprint density at radius 3 is 1.38 bits per heavy atom. The van der Waals surface area contributed by atoms with E-state index in [-0.39, 0.29) is 0 Å². The normalized spacial score (nSPS) is 10.8. The maximum Gasteiger partial charge on any atom is 0.404 e. The Balaban J connectivity index is 1.97. The third-order valence-corrected chi connectivity index (χ3v) is 4.68. The standard InChI is InChI=1S/C22H40N6O4/c29-21(30)27-14-4-10-23-8-2-12-25-17-19-6-1-7-20(16-19)18-26-13-3-9-24-11-5-15-28-22(31)32/h1,6-7,16,23-28H,2-5,8-15,17-18H2,(H,29,30)(H,31,32). The van der Waals surface area contributed by atoms with Crippen LogP contribution in [-0.2, 0) is 13.1 Å². The van der Waals surface area contributed by atoms with Crippen molar-refractivity contribution in [3.63, 3.8) is 0 Å². The molecule has 0 heterocycles. The van der Waals surface area contributed by atoms with Crippen LogP contribution < -0.4 is 31.9 Å². The summed E-state index contributed by atoms with van der Waals surface area (Å²) in [6, 6.07) is 8.58. The van der Waals surface area contributed by atoms with Crippen LogP contribution in [0.5, 0.6) is 0 Å². The van der Waals surface area contributed by atoms with Crippen molar-refractivity contribution in [2.45, 2.75) is 38.8 Å². The lowest BCUT2D eigenvalue weighted by Crippen LogP contribution is -2.27. The van der Waals surface area contributed by atoms with E-state index in [9.17, 15) is 9.59 Å². The number of carbonyl (C=O) groups is 2. The summed E-state index contributed by atoms with van der Waals surface area (Å²) in [6.07, 6.45) is 1.70. The van der Waals surface area contributed by atoms with Gasteiger partial charge in [-0.3, -0.25) is 0 Å². The van der Waals surface area contributed by atoms with Crippen LogP contribution in [0.4, 0.5) is 9.59 Å². The van der Waals surface area contributed by atoms with Crippen LogP contribution in [0.2, 0.25) is 0 Å². The van der Waals surface area contributed by atoms with Gasteiger partial charge in [0.1, 0.15) is 0 Å². The fourth-order valence-electron chi connectivity index (χ4n) is 3.06. The van der Waals surface area contributed by atoms with Gasteiger partial charge in [0.25, 0.3) is 0 Å². The Morgan fingerprint density at radius 2 is 0.969 bits per heavy atom. The molecule has 0 fully saturated rings. The molecule has 10 nitrogen and oxygen atoms in total. The molecule has 0 radical (unpaired) electrons. The first-order valence-corrected chi connectivity index (χ1v) is 11.4. The van der Waals surface area contributed by atoms with Crippen molar-refractivity contribution in [1.29, 1.82) is 0 Å². The van der Waals surface area contributed by atoms with E-state index in [4.69, 9.17) is 10.2 Å². The second-order valence-electron chi connectivity index (χ2n) is 7.55. The molecule has 32 heavy (non-hydrogen) atoms. The van der Waals surface area contributed by atoms with E-state index in [1.165, 1.54) is 11.1 Å². The molecule has 0 aliphatic rings. The molecule has 0 aliphatic heterocycles. The molecule has 1 aromatic rings. The van der Waals surface area contributed by atoms with Gasteiger partial charge in [0, 0.05) is 26.2 Å². The molecular weight excluding hydrogens is 412 g/mol. The maximum absolute atomic E-state index is 10.3. The summed E-state index contributed by atoms with van der Waals surface area (Å²) in [5.41, 5.74) is 2.54. The fourth-order valence-corrected chi connectivity index (χ4v) is 3.06. The number of carboxylic acid groups (broad SMARTS) is 2. The van der Waals surface area contributed by atoms with E-state index in [1.54, 1.807) is 0 Å². The van der Waals surface area contributed by atoms with Gasteiger partial charge >= 0.3 is 12.2 Å². The smallest absolute Gasteiger partial charge is 0.404 e. The first kappa shape index (κ1) is 27.6. The van der Waals surface area contributed by atoms with Crippen molar-refractivity contribution in [2.75, 3.05) is 52.4 Å². The fraction of sp³-hybridized carbons (Fsp3) is 0.636. The molecule has 1 rings (SSSR count). The van der Waals surface area contributed by atoms with E-state index in [0.29, 0.717) is 13.1 Å². The molecule has 0 saturated carbocycles. The van der Waals surface area contributed by atoms with Crippen molar-refractivity contribution >= 4 is 12.2 Å². The highest BCUT2D eigenvalue weighted by Gasteiger charge is 1.98. The molecular formula is C22H40N6O4. The summed E-state index contributed by atoms with van der Waals surface area (Å²) in [5, 5.41) is 35.2. The Morgan fingerprint density at radius 1 is 0.594 bits per heavy atom. The van der Waals surface area contributed by atoms with Crippen molar-refractivity contribution in [3.05, 3.63) is 35.4 Å². The minimum Gasteiger partial charge on any atom is -0.465 e. The number of nitrogens with one attached hydrogen (secondary N) is 6. The lowest BCUT2D eigenvalue weighted by atomic mass is 10.1. The molecule has 8 N–H and O–H groups in total. The molecule has 1 aromatic carbocycles. The summed E-state index contributed by atoms with van der Waals surface area (Å²) in [4.78, 5) is 20.7. The molecule has 0 aliphatic carbocycles. The summed E-state index contributed by atoms with van der Waals surface area (Å²) < 4.78 is 0. The van der Waals surface area contributed by atoms with Gasteiger partial charge in [-0.15, -0.1) is 0 Å². The molecule has 0 spiro atoms. The lowest BCUT2D eigenvalue weighted by Gasteiger charge is -2.09. The largest absolute Gasteiger partial charge is 0.465 e. The molecule has 0 atom stereocenters. The third kappa shape index (κ3) is 17.3. The molecule has 0 bridgehead atoms. The van der Waals surface area contributed by atoms with E-state index >= 15 is 0 Å². The summed E-state index contributed by atoms with van der Waals surface area (Å²) in [5.74, 6) is 0. The van der Waals surface area contributed by atoms with E-state index in [2.05, 4.69) is 56.2 Å². The van der Waals surface area contributed by atoms with Crippen molar-refractivity contribution in [1.82, 2.24) is 31.9 Å². The van der Waals surface area contributed by atoms with Gasteiger partial charge < -0.3 is 42.1 Å². The zero-order valence-corrected chi connectivity index (χ0v) is 18.9. The highest BCUT2D eigenvalue weighted by molar-refractivity contribution is 5.64. The third-order valence-electron chi connectivity index (χ3n) is 4.68. The Hall–Kier alpha value is -2.40. The highest BCUT2D eigenvalue weighted by Crippen LogP contribution is 2.05. The predicted octanol–water partition coefficient (Wildman–Crippen LogP) is 1.14. The van der Waals surface area contributed by atoms with E-state index < -0.39 is 12.2 Å². The number of benzene rings is 1. The van der Waals surface area contributed by atoms with Crippen molar-refractivity contribution < 1.29 is 19.8 Å². The maximum atomic E-state index is 10.3. The topological polar surface area (TPSA) is 147 Å². The number of amides is 2.